The Kier molecular flexibility index (Phi) is 12.0. The molecule has 0 saturated carbocycles. The minimum absolute atomic E-state index is 0.0913. The summed E-state index contributed by atoms with van der Waals surface area (Å²) < 4.78 is 39.1. The molecule has 7 heteroatoms. The van der Waals surface area contributed by atoms with Gasteiger partial charge in [0.1, 0.15) is 35.6 Å². The Hall–Kier alpha value is -8.03. The molecule has 358 valence electrons. The van der Waals surface area contributed by atoms with Crippen molar-refractivity contribution in [3.63, 3.8) is 0 Å². The van der Waals surface area contributed by atoms with Gasteiger partial charge in [0.05, 0.1) is 22.4 Å². The molecule has 0 spiro atoms. The van der Waals surface area contributed by atoms with Crippen LogP contribution in [0, 0.1) is 25.5 Å². The van der Waals surface area contributed by atoms with Gasteiger partial charge in [-0.3, -0.25) is 4.57 Å². The number of anilines is 4. The average Bonchev–Trinajstić information content (AvgIpc) is 3.91. The van der Waals surface area contributed by atoms with E-state index in [1.54, 1.807) is 6.07 Å². The molecule has 0 unspecified atom stereocenters. The van der Waals surface area contributed by atoms with Crippen LogP contribution in [-0.4, -0.2) is 16.2 Å². The van der Waals surface area contributed by atoms with Gasteiger partial charge in [-0.25, -0.2) is 13.8 Å². The zero-order valence-electron chi connectivity index (χ0n) is 42.1. The number of para-hydroxylation sites is 1. The maximum atomic E-state index is 15.6. The van der Waals surface area contributed by atoms with Crippen LogP contribution in [0.4, 0.5) is 31.5 Å². The molecule has 1 aliphatic rings. The van der Waals surface area contributed by atoms with E-state index < -0.39 is 11.6 Å². The second-order valence-electron chi connectivity index (χ2n) is 20.2. The topological polar surface area (TPSA) is 33.5 Å². The third-order valence-corrected chi connectivity index (χ3v) is 14.3. The first-order chi connectivity index (χ1) is 34.8. The van der Waals surface area contributed by atoms with Gasteiger partial charge < -0.3 is 14.5 Å². The lowest BCUT2D eigenvalue weighted by molar-refractivity contribution is 0.483. The van der Waals surface area contributed by atoms with Gasteiger partial charge >= 0.3 is 0 Å². The van der Waals surface area contributed by atoms with Crippen molar-refractivity contribution in [2.45, 2.75) is 73.1 Å². The molecule has 0 fully saturated rings. The highest BCUT2D eigenvalue weighted by Crippen LogP contribution is 2.52. The Morgan fingerprint density at radius 3 is 1.92 bits per heavy atom. The molecule has 0 amide bonds. The molecule has 5 nitrogen and oxygen atoms in total. The molecule has 8 aromatic carbocycles. The quantitative estimate of drug-likeness (QED) is 0.129. The fraction of sp³-hybridized carbons (Fsp3) is 0.185. The van der Waals surface area contributed by atoms with Crippen LogP contribution in [-0.2, 0) is 0 Å². The average molecular weight is 949 g/mol. The van der Waals surface area contributed by atoms with E-state index in [0.717, 1.165) is 84.3 Å². The largest absolute Gasteiger partial charge is 0.457 e. The number of aryl methyl sites for hydroxylation is 2. The van der Waals surface area contributed by atoms with Gasteiger partial charge in [0.15, 0.2) is 0 Å². The van der Waals surface area contributed by atoms with E-state index >= 15 is 4.39 Å². The fourth-order valence-corrected chi connectivity index (χ4v) is 10.8. The van der Waals surface area contributed by atoms with Crippen molar-refractivity contribution in [3.8, 4) is 50.7 Å². The van der Waals surface area contributed by atoms with Crippen LogP contribution in [0.2, 0.25) is 0 Å². The van der Waals surface area contributed by atoms with Crippen LogP contribution < -0.4 is 14.5 Å². The zero-order chi connectivity index (χ0) is 49.9. The van der Waals surface area contributed by atoms with Gasteiger partial charge in [-0.05, 0) is 166 Å². The lowest BCUT2D eigenvalue weighted by Crippen LogP contribution is -2.26. The Bertz CT molecular complexity index is 3640. The molecule has 0 atom stereocenters. The van der Waals surface area contributed by atoms with E-state index in [2.05, 4.69) is 203 Å². The normalized spacial score (nSPS) is 12.6. The van der Waals surface area contributed by atoms with Crippen LogP contribution in [0.15, 0.2) is 176 Å². The van der Waals surface area contributed by atoms with Crippen molar-refractivity contribution in [3.05, 3.63) is 216 Å². The SMILES string of the molecule is Cc1cc(-c2ccccc2)cc(C)c1-c1cc(Oc2ccc3c4ccccc4n(-c4ccccn4)c3c2)cc(N2CN(c3c(C(C)C)cc(-c4ccc(F)cc4F)cc3C(C)C)c3cc(C(C)C)ccc32)c1. The van der Waals surface area contributed by atoms with E-state index in [4.69, 9.17) is 9.72 Å². The second kappa shape index (κ2) is 18.6. The maximum Gasteiger partial charge on any atom is 0.137 e. The minimum atomic E-state index is -0.589. The fourth-order valence-electron chi connectivity index (χ4n) is 10.8. The van der Waals surface area contributed by atoms with Gasteiger partial charge in [0.2, 0.25) is 0 Å². The van der Waals surface area contributed by atoms with E-state index in [1.807, 2.05) is 24.4 Å². The summed E-state index contributed by atoms with van der Waals surface area (Å²) in [4.78, 5) is 9.64. The molecule has 0 radical (unpaired) electrons. The molecule has 0 saturated heterocycles. The Morgan fingerprint density at radius 2 is 1.22 bits per heavy atom. The number of aromatic nitrogens is 2. The smallest absolute Gasteiger partial charge is 0.137 e. The Labute approximate surface area is 421 Å². The summed E-state index contributed by atoms with van der Waals surface area (Å²) in [7, 11) is 0. The van der Waals surface area contributed by atoms with E-state index in [1.165, 1.54) is 33.9 Å². The molecule has 72 heavy (non-hydrogen) atoms. The highest BCUT2D eigenvalue weighted by Gasteiger charge is 2.34. The number of halogens is 2. The summed E-state index contributed by atoms with van der Waals surface area (Å²) in [6, 6.07) is 57.5. The summed E-state index contributed by atoms with van der Waals surface area (Å²) in [5, 5.41) is 2.27. The lowest BCUT2D eigenvalue weighted by Gasteiger charge is -2.30. The highest BCUT2D eigenvalue weighted by atomic mass is 19.1. The number of rotatable bonds is 11. The number of nitrogens with zero attached hydrogens (tertiary/aromatic N) is 4. The van der Waals surface area contributed by atoms with Crippen molar-refractivity contribution in [1.29, 1.82) is 0 Å². The summed E-state index contributed by atoms with van der Waals surface area (Å²) >= 11 is 0. The first kappa shape index (κ1) is 46.4. The summed E-state index contributed by atoms with van der Waals surface area (Å²) in [6.45, 7) is 18.2. The number of hydrogen-bond donors (Lipinski definition) is 0. The molecule has 0 aliphatic carbocycles. The minimum Gasteiger partial charge on any atom is -0.457 e. The van der Waals surface area contributed by atoms with E-state index in [-0.39, 0.29) is 11.8 Å². The van der Waals surface area contributed by atoms with Crippen molar-refractivity contribution in [2.24, 2.45) is 0 Å². The van der Waals surface area contributed by atoms with E-state index in [0.29, 0.717) is 29.6 Å². The second-order valence-corrected chi connectivity index (χ2v) is 20.2. The van der Waals surface area contributed by atoms with Crippen LogP contribution in [0.25, 0.3) is 61.0 Å². The van der Waals surface area contributed by atoms with Crippen molar-refractivity contribution < 1.29 is 13.5 Å². The lowest BCUT2D eigenvalue weighted by atomic mass is 9.87. The first-order valence-electron chi connectivity index (χ1n) is 25.1. The van der Waals surface area contributed by atoms with E-state index in [9.17, 15) is 4.39 Å². The first-order valence-corrected chi connectivity index (χ1v) is 25.1. The van der Waals surface area contributed by atoms with Crippen molar-refractivity contribution in [2.75, 3.05) is 16.5 Å². The van der Waals surface area contributed by atoms with Crippen LogP contribution in [0.3, 0.4) is 0 Å². The number of benzene rings is 8. The van der Waals surface area contributed by atoms with Gasteiger partial charge in [-0.2, -0.15) is 0 Å². The maximum absolute atomic E-state index is 15.6. The molecular weight excluding hydrogens is 891 g/mol. The van der Waals surface area contributed by atoms with Gasteiger partial charge in [0, 0.05) is 52.1 Å². The standard InChI is InChI=1S/C65H58F2N4O/c1-39(2)45-21-26-60-62(34-45)70(65-56(40(3)4)32-47(33-57(65)41(5)6)53-24-22-49(66)35-58(53)67)38-69(60)50-30-48(64-42(7)28-46(29-43(64)8)44-16-10-9-11-17-44)31-52(36-50)72-51-23-25-55-54-18-12-13-19-59(54)71(61(55)37-51)63-20-14-15-27-68-63/h9-37,39-41H,38H2,1-8H3. The molecule has 1 aliphatic heterocycles. The van der Waals surface area contributed by atoms with Crippen LogP contribution in [0.5, 0.6) is 11.5 Å². The van der Waals surface area contributed by atoms with Gasteiger partial charge in [-0.1, -0.05) is 114 Å². The monoisotopic (exact) mass is 948 g/mol. The van der Waals surface area contributed by atoms with Crippen molar-refractivity contribution in [1.82, 2.24) is 9.55 Å². The van der Waals surface area contributed by atoms with Crippen molar-refractivity contribution >= 4 is 44.6 Å². The zero-order valence-corrected chi connectivity index (χ0v) is 42.1. The molecule has 10 aromatic rings. The molecule has 0 N–H and O–H groups in total. The summed E-state index contributed by atoms with van der Waals surface area (Å²) in [5.41, 5.74) is 17.9. The van der Waals surface area contributed by atoms with Gasteiger partial charge in [0.25, 0.3) is 0 Å². The number of pyridine rings is 1. The number of ether oxygens (including phenoxy) is 1. The third-order valence-electron chi connectivity index (χ3n) is 14.3. The summed E-state index contributed by atoms with van der Waals surface area (Å²) in [5.74, 6) is 1.58. The Balaban J connectivity index is 1.09. The molecule has 2 aromatic heterocycles. The third kappa shape index (κ3) is 8.36. The molecule has 11 rings (SSSR count). The molecule has 0 bridgehead atoms. The molecule has 3 heterocycles. The van der Waals surface area contributed by atoms with Crippen LogP contribution >= 0.6 is 0 Å². The van der Waals surface area contributed by atoms with Crippen LogP contribution in [0.1, 0.15) is 87.1 Å². The number of hydrogen-bond acceptors (Lipinski definition) is 4. The summed E-state index contributed by atoms with van der Waals surface area (Å²) in [6.07, 6.45) is 1.83. The number of fused-ring (bicyclic) bond motifs is 4. The Morgan fingerprint density at radius 1 is 0.514 bits per heavy atom. The van der Waals surface area contributed by atoms with Gasteiger partial charge in [-0.15, -0.1) is 0 Å². The predicted octanol–water partition coefficient (Wildman–Crippen LogP) is 18.5. The highest BCUT2D eigenvalue weighted by molar-refractivity contribution is 6.09. The molecular formula is C65H58F2N4O. The predicted molar refractivity (Wildman–Crippen MR) is 295 cm³/mol.